The SMILES string of the molecule is CCc1occc1C(=O)NC1(C#N)CCCC1. The molecule has 1 aliphatic rings. The maximum Gasteiger partial charge on any atom is 0.256 e. The molecule has 1 aliphatic carbocycles. The summed E-state index contributed by atoms with van der Waals surface area (Å²) in [7, 11) is 0. The molecule has 0 aromatic carbocycles. The molecule has 1 saturated carbocycles. The summed E-state index contributed by atoms with van der Waals surface area (Å²) in [5.41, 5.74) is -0.117. The van der Waals surface area contributed by atoms with E-state index < -0.39 is 5.54 Å². The third-order valence-corrected chi connectivity index (χ3v) is 3.34. The zero-order valence-corrected chi connectivity index (χ0v) is 9.95. The van der Waals surface area contributed by atoms with Gasteiger partial charge in [0.1, 0.15) is 11.3 Å². The minimum absolute atomic E-state index is 0.195. The molecule has 17 heavy (non-hydrogen) atoms. The average molecular weight is 232 g/mol. The molecule has 1 aromatic rings. The van der Waals surface area contributed by atoms with Crippen molar-refractivity contribution >= 4 is 5.91 Å². The van der Waals surface area contributed by atoms with Crippen molar-refractivity contribution in [2.24, 2.45) is 0 Å². The third-order valence-electron chi connectivity index (χ3n) is 3.34. The standard InChI is InChI=1S/C13H16N2O2/c1-2-11-10(5-8-17-11)12(16)15-13(9-14)6-3-4-7-13/h5,8H,2-4,6-7H2,1H3,(H,15,16). The largest absolute Gasteiger partial charge is 0.469 e. The molecule has 1 fully saturated rings. The van der Waals surface area contributed by atoms with Crippen molar-refractivity contribution in [1.29, 1.82) is 5.26 Å². The lowest BCUT2D eigenvalue weighted by Crippen LogP contribution is -2.45. The second-order valence-electron chi connectivity index (χ2n) is 4.47. The molecule has 0 spiro atoms. The molecule has 0 radical (unpaired) electrons. The van der Waals surface area contributed by atoms with Crippen LogP contribution in [0.25, 0.3) is 0 Å². The van der Waals surface area contributed by atoms with Crippen molar-refractivity contribution in [3.63, 3.8) is 0 Å². The van der Waals surface area contributed by atoms with Gasteiger partial charge in [0.25, 0.3) is 5.91 Å². The first kappa shape index (κ1) is 11.7. The normalized spacial score (nSPS) is 17.6. The first-order valence-corrected chi connectivity index (χ1v) is 6.01. The van der Waals surface area contributed by atoms with Crippen LogP contribution in [0.4, 0.5) is 0 Å². The van der Waals surface area contributed by atoms with E-state index in [1.54, 1.807) is 6.07 Å². The number of nitrogens with zero attached hydrogens (tertiary/aromatic N) is 1. The number of carbonyl (C=O) groups is 1. The third kappa shape index (κ3) is 2.19. The number of hydrogen-bond donors (Lipinski definition) is 1. The lowest BCUT2D eigenvalue weighted by molar-refractivity contribution is 0.0918. The van der Waals surface area contributed by atoms with Gasteiger partial charge < -0.3 is 9.73 Å². The summed E-state index contributed by atoms with van der Waals surface area (Å²) in [6.45, 7) is 1.94. The van der Waals surface area contributed by atoms with Crippen molar-refractivity contribution < 1.29 is 9.21 Å². The van der Waals surface area contributed by atoms with Crippen LogP contribution >= 0.6 is 0 Å². The Balaban J connectivity index is 2.14. The summed E-state index contributed by atoms with van der Waals surface area (Å²) in [4.78, 5) is 12.1. The molecule has 2 rings (SSSR count). The minimum Gasteiger partial charge on any atom is -0.469 e. The Bertz CT molecular complexity index is 450. The number of amides is 1. The zero-order valence-electron chi connectivity index (χ0n) is 9.95. The molecule has 1 N–H and O–H groups in total. The second-order valence-corrected chi connectivity index (χ2v) is 4.47. The van der Waals surface area contributed by atoms with Crippen LogP contribution in [0.3, 0.4) is 0 Å². The topological polar surface area (TPSA) is 66.0 Å². The molecule has 0 unspecified atom stereocenters. The van der Waals surface area contributed by atoms with Gasteiger partial charge in [-0.05, 0) is 31.7 Å². The highest BCUT2D eigenvalue weighted by Gasteiger charge is 2.36. The van der Waals surface area contributed by atoms with Gasteiger partial charge in [-0.1, -0.05) is 6.92 Å². The number of rotatable bonds is 3. The van der Waals surface area contributed by atoms with Crippen molar-refractivity contribution in [3.05, 3.63) is 23.7 Å². The number of aryl methyl sites for hydroxylation is 1. The van der Waals surface area contributed by atoms with E-state index in [0.29, 0.717) is 17.7 Å². The fourth-order valence-corrected chi connectivity index (χ4v) is 2.34. The van der Waals surface area contributed by atoms with E-state index in [1.165, 1.54) is 6.26 Å². The molecule has 0 saturated heterocycles. The highest BCUT2D eigenvalue weighted by molar-refractivity contribution is 5.95. The first-order chi connectivity index (χ1) is 8.21. The maximum absolute atomic E-state index is 12.1. The van der Waals surface area contributed by atoms with Crippen LogP contribution < -0.4 is 5.32 Å². The van der Waals surface area contributed by atoms with Gasteiger partial charge in [-0.15, -0.1) is 0 Å². The lowest BCUT2D eigenvalue weighted by Gasteiger charge is -2.21. The van der Waals surface area contributed by atoms with E-state index >= 15 is 0 Å². The second kappa shape index (κ2) is 4.62. The van der Waals surface area contributed by atoms with Gasteiger partial charge in [0.05, 0.1) is 17.9 Å². The fourth-order valence-electron chi connectivity index (χ4n) is 2.34. The molecular weight excluding hydrogens is 216 g/mol. The Labute approximate surface area is 101 Å². The highest BCUT2D eigenvalue weighted by atomic mass is 16.3. The summed E-state index contributed by atoms with van der Waals surface area (Å²) in [6, 6.07) is 3.91. The van der Waals surface area contributed by atoms with Crippen molar-refractivity contribution in [3.8, 4) is 6.07 Å². The molecule has 1 aromatic heterocycles. The average Bonchev–Trinajstić information content (AvgIpc) is 2.97. The number of nitriles is 1. The van der Waals surface area contributed by atoms with Gasteiger partial charge >= 0.3 is 0 Å². The van der Waals surface area contributed by atoms with Crippen molar-refractivity contribution in [2.45, 2.75) is 44.6 Å². The van der Waals surface area contributed by atoms with Gasteiger partial charge in [0.15, 0.2) is 0 Å². The van der Waals surface area contributed by atoms with Crippen LogP contribution in [0.1, 0.15) is 48.7 Å². The van der Waals surface area contributed by atoms with Gasteiger partial charge in [-0.25, -0.2) is 0 Å². The number of carbonyl (C=O) groups excluding carboxylic acids is 1. The molecular formula is C13H16N2O2. The molecule has 4 heteroatoms. The summed E-state index contributed by atoms with van der Waals surface area (Å²) in [6.07, 6.45) is 5.68. The van der Waals surface area contributed by atoms with E-state index in [-0.39, 0.29) is 5.91 Å². The summed E-state index contributed by atoms with van der Waals surface area (Å²) in [5, 5.41) is 12.1. The Morgan fingerprint density at radius 3 is 2.88 bits per heavy atom. The Morgan fingerprint density at radius 1 is 1.59 bits per heavy atom. The molecule has 1 heterocycles. The van der Waals surface area contributed by atoms with Crippen LogP contribution in [0, 0.1) is 11.3 Å². The van der Waals surface area contributed by atoms with Crippen LogP contribution in [-0.2, 0) is 6.42 Å². The maximum atomic E-state index is 12.1. The highest BCUT2D eigenvalue weighted by Crippen LogP contribution is 2.29. The van der Waals surface area contributed by atoms with Crippen LogP contribution in [0.15, 0.2) is 16.7 Å². The van der Waals surface area contributed by atoms with Crippen molar-refractivity contribution in [2.75, 3.05) is 0 Å². The number of hydrogen-bond acceptors (Lipinski definition) is 3. The van der Waals surface area contributed by atoms with Crippen LogP contribution in [0.2, 0.25) is 0 Å². The summed E-state index contributed by atoms with van der Waals surface area (Å²) >= 11 is 0. The van der Waals surface area contributed by atoms with Gasteiger partial charge in [-0.3, -0.25) is 4.79 Å². The predicted octanol–water partition coefficient (Wildman–Crippen LogP) is 2.41. The van der Waals surface area contributed by atoms with E-state index in [9.17, 15) is 10.1 Å². The Morgan fingerprint density at radius 2 is 2.29 bits per heavy atom. The molecule has 0 aliphatic heterocycles. The van der Waals surface area contributed by atoms with Gasteiger partial charge in [0.2, 0.25) is 0 Å². The monoisotopic (exact) mass is 232 g/mol. The first-order valence-electron chi connectivity index (χ1n) is 6.01. The Kier molecular flexibility index (Phi) is 3.19. The fraction of sp³-hybridized carbons (Fsp3) is 0.538. The molecule has 1 amide bonds. The zero-order chi connectivity index (χ0) is 12.3. The Hall–Kier alpha value is -1.76. The summed E-state index contributed by atoms with van der Waals surface area (Å²) < 4.78 is 5.22. The number of furan rings is 1. The molecule has 90 valence electrons. The van der Waals surface area contributed by atoms with E-state index in [1.807, 2.05) is 6.92 Å². The van der Waals surface area contributed by atoms with E-state index in [4.69, 9.17) is 4.42 Å². The molecule has 0 bridgehead atoms. The molecule has 0 atom stereocenters. The van der Waals surface area contributed by atoms with Gasteiger partial charge in [0, 0.05) is 6.42 Å². The van der Waals surface area contributed by atoms with Crippen LogP contribution in [0.5, 0.6) is 0 Å². The smallest absolute Gasteiger partial charge is 0.256 e. The van der Waals surface area contributed by atoms with E-state index in [0.717, 1.165) is 25.7 Å². The lowest BCUT2D eigenvalue weighted by atomic mass is 9.99. The summed E-state index contributed by atoms with van der Waals surface area (Å²) in [5.74, 6) is 0.479. The minimum atomic E-state index is -0.667. The van der Waals surface area contributed by atoms with Crippen LogP contribution in [-0.4, -0.2) is 11.4 Å². The van der Waals surface area contributed by atoms with Gasteiger partial charge in [-0.2, -0.15) is 5.26 Å². The quantitative estimate of drug-likeness (QED) is 0.870. The molecule has 4 nitrogen and oxygen atoms in total. The predicted molar refractivity (Wildman–Crippen MR) is 62.4 cm³/mol. The van der Waals surface area contributed by atoms with Crippen molar-refractivity contribution in [1.82, 2.24) is 5.32 Å². The van der Waals surface area contributed by atoms with E-state index in [2.05, 4.69) is 11.4 Å². The number of nitrogens with one attached hydrogen (secondary N) is 1.